The summed E-state index contributed by atoms with van der Waals surface area (Å²) in [6.45, 7) is 1.31. The molecular formula is C11H14N4O. The summed E-state index contributed by atoms with van der Waals surface area (Å²) in [7, 11) is 1.84. The normalized spacial score (nSPS) is 10.6. The van der Waals surface area contributed by atoms with Crippen molar-refractivity contribution in [2.45, 2.75) is 13.1 Å². The van der Waals surface area contributed by atoms with Crippen LogP contribution in [0.4, 0.5) is 0 Å². The topological polar surface area (TPSA) is 63.0 Å². The highest BCUT2D eigenvalue weighted by Crippen LogP contribution is 2.10. The molecule has 84 valence electrons. The van der Waals surface area contributed by atoms with Crippen LogP contribution in [-0.2, 0) is 20.1 Å². The fourth-order valence-electron chi connectivity index (χ4n) is 1.45. The maximum absolute atomic E-state index is 9.28. The quantitative estimate of drug-likeness (QED) is 0.797. The molecule has 0 amide bonds. The first-order valence-corrected chi connectivity index (χ1v) is 5.07. The summed E-state index contributed by atoms with van der Waals surface area (Å²) in [6.07, 6.45) is 1.67. The lowest BCUT2D eigenvalue weighted by atomic mass is 10.2. The minimum absolute atomic E-state index is 0.287. The molecule has 1 heterocycles. The Morgan fingerprint density at radius 1 is 1.38 bits per heavy atom. The fraction of sp³-hybridized carbons (Fsp3) is 0.273. The largest absolute Gasteiger partial charge is 0.508 e. The van der Waals surface area contributed by atoms with Gasteiger partial charge in [0.15, 0.2) is 5.82 Å². The molecule has 1 aromatic heterocycles. The van der Waals surface area contributed by atoms with Crippen LogP contribution in [0.15, 0.2) is 30.6 Å². The van der Waals surface area contributed by atoms with Gasteiger partial charge in [0.25, 0.3) is 0 Å². The van der Waals surface area contributed by atoms with Gasteiger partial charge in [-0.2, -0.15) is 5.10 Å². The number of hydrogen-bond donors (Lipinski definition) is 2. The van der Waals surface area contributed by atoms with Crippen molar-refractivity contribution >= 4 is 0 Å². The summed E-state index contributed by atoms with van der Waals surface area (Å²) in [5, 5.41) is 16.6. The van der Waals surface area contributed by atoms with Gasteiger partial charge in [0.2, 0.25) is 0 Å². The molecule has 0 radical (unpaired) electrons. The third-order valence-electron chi connectivity index (χ3n) is 2.17. The minimum atomic E-state index is 0.287. The Morgan fingerprint density at radius 2 is 2.25 bits per heavy atom. The van der Waals surface area contributed by atoms with E-state index >= 15 is 0 Å². The number of nitrogens with one attached hydrogen (secondary N) is 1. The van der Waals surface area contributed by atoms with Crippen molar-refractivity contribution in [3.8, 4) is 5.75 Å². The second kappa shape index (κ2) is 4.76. The summed E-state index contributed by atoms with van der Waals surface area (Å²) in [5.41, 5.74) is 1.04. The number of aromatic nitrogens is 3. The van der Waals surface area contributed by atoms with E-state index in [-0.39, 0.29) is 5.75 Å². The third-order valence-corrected chi connectivity index (χ3v) is 2.17. The van der Waals surface area contributed by atoms with E-state index in [4.69, 9.17) is 0 Å². The van der Waals surface area contributed by atoms with Gasteiger partial charge in [-0.3, -0.25) is 4.68 Å². The molecule has 5 nitrogen and oxygen atoms in total. The number of benzene rings is 1. The molecule has 2 N–H and O–H groups in total. The Bertz CT molecular complexity index is 467. The maximum Gasteiger partial charge on any atom is 0.164 e. The number of nitrogens with zero attached hydrogens (tertiary/aromatic N) is 3. The predicted octanol–water partition coefficient (Wildman–Crippen LogP) is 0.810. The monoisotopic (exact) mass is 218 g/mol. The molecule has 0 bridgehead atoms. The van der Waals surface area contributed by atoms with Crippen molar-refractivity contribution in [1.29, 1.82) is 0 Å². The zero-order valence-corrected chi connectivity index (χ0v) is 9.09. The average molecular weight is 218 g/mol. The van der Waals surface area contributed by atoms with Crippen LogP contribution in [0.1, 0.15) is 11.4 Å². The molecule has 0 saturated heterocycles. The summed E-state index contributed by atoms with van der Waals surface area (Å²) >= 11 is 0. The standard InChI is InChI=1S/C11H14N4O/c1-15-8-13-11(14-15)7-12-6-9-3-2-4-10(16)5-9/h2-5,8,12,16H,6-7H2,1H3. The van der Waals surface area contributed by atoms with Gasteiger partial charge in [-0.25, -0.2) is 4.98 Å². The van der Waals surface area contributed by atoms with Crippen LogP contribution in [0.5, 0.6) is 5.75 Å². The van der Waals surface area contributed by atoms with Gasteiger partial charge in [-0.1, -0.05) is 12.1 Å². The lowest BCUT2D eigenvalue weighted by molar-refractivity contribution is 0.474. The van der Waals surface area contributed by atoms with Gasteiger partial charge >= 0.3 is 0 Å². The Hall–Kier alpha value is -1.88. The summed E-state index contributed by atoms with van der Waals surface area (Å²) in [4.78, 5) is 4.10. The van der Waals surface area contributed by atoms with Crippen molar-refractivity contribution < 1.29 is 5.11 Å². The first-order valence-electron chi connectivity index (χ1n) is 5.07. The number of aromatic hydroxyl groups is 1. The highest BCUT2D eigenvalue weighted by molar-refractivity contribution is 5.26. The van der Waals surface area contributed by atoms with Crippen molar-refractivity contribution in [1.82, 2.24) is 20.1 Å². The SMILES string of the molecule is Cn1cnc(CNCc2cccc(O)c2)n1. The van der Waals surface area contributed by atoms with E-state index < -0.39 is 0 Å². The number of phenolic OH excluding ortho intramolecular Hbond substituents is 1. The zero-order valence-electron chi connectivity index (χ0n) is 9.09. The van der Waals surface area contributed by atoms with Crippen LogP contribution >= 0.6 is 0 Å². The highest BCUT2D eigenvalue weighted by Gasteiger charge is 1.98. The van der Waals surface area contributed by atoms with Crippen LogP contribution in [0.2, 0.25) is 0 Å². The first-order chi connectivity index (χ1) is 7.74. The van der Waals surface area contributed by atoms with Gasteiger partial charge in [-0.05, 0) is 17.7 Å². The van der Waals surface area contributed by atoms with Crippen LogP contribution in [0.25, 0.3) is 0 Å². The average Bonchev–Trinajstić information content (AvgIpc) is 2.64. The van der Waals surface area contributed by atoms with Gasteiger partial charge < -0.3 is 10.4 Å². The third kappa shape index (κ3) is 2.80. The molecule has 16 heavy (non-hydrogen) atoms. The van der Waals surface area contributed by atoms with Crippen molar-refractivity contribution in [3.05, 3.63) is 42.0 Å². The van der Waals surface area contributed by atoms with E-state index in [2.05, 4.69) is 15.4 Å². The molecule has 2 rings (SSSR count). The fourth-order valence-corrected chi connectivity index (χ4v) is 1.45. The van der Waals surface area contributed by atoms with Crippen molar-refractivity contribution in [2.24, 2.45) is 7.05 Å². The number of aryl methyl sites for hydroxylation is 1. The van der Waals surface area contributed by atoms with Crippen LogP contribution in [0.3, 0.4) is 0 Å². The molecule has 0 aliphatic carbocycles. The van der Waals surface area contributed by atoms with E-state index in [0.717, 1.165) is 11.4 Å². The first kappa shape index (κ1) is 10.6. The lowest BCUT2D eigenvalue weighted by Crippen LogP contribution is -2.13. The van der Waals surface area contributed by atoms with Crippen LogP contribution < -0.4 is 5.32 Å². The van der Waals surface area contributed by atoms with Crippen molar-refractivity contribution in [3.63, 3.8) is 0 Å². The molecule has 5 heteroatoms. The zero-order chi connectivity index (χ0) is 11.4. The van der Waals surface area contributed by atoms with Gasteiger partial charge in [0, 0.05) is 13.6 Å². The second-order valence-electron chi connectivity index (χ2n) is 3.61. The molecule has 0 saturated carbocycles. The number of phenols is 1. The van der Waals surface area contributed by atoms with E-state index in [1.165, 1.54) is 0 Å². The van der Waals surface area contributed by atoms with Gasteiger partial charge in [0.1, 0.15) is 12.1 Å². The second-order valence-corrected chi connectivity index (χ2v) is 3.61. The van der Waals surface area contributed by atoms with Crippen molar-refractivity contribution in [2.75, 3.05) is 0 Å². The molecule has 0 atom stereocenters. The van der Waals surface area contributed by atoms with E-state index in [1.54, 1.807) is 23.1 Å². The molecule has 0 spiro atoms. The molecule has 0 aliphatic heterocycles. The summed E-state index contributed by atoms with van der Waals surface area (Å²) in [6, 6.07) is 7.17. The van der Waals surface area contributed by atoms with E-state index in [1.807, 2.05) is 19.2 Å². The maximum atomic E-state index is 9.28. The van der Waals surface area contributed by atoms with Gasteiger partial charge in [0.05, 0.1) is 6.54 Å². The molecule has 1 aromatic carbocycles. The number of hydrogen-bond acceptors (Lipinski definition) is 4. The van der Waals surface area contributed by atoms with E-state index in [9.17, 15) is 5.11 Å². The molecule has 0 fully saturated rings. The Labute approximate surface area is 93.8 Å². The predicted molar refractivity (Wildman–Crippen MR) is 59.7 cm³/mol. The summed E-state index contributed by atoms with van der Waals surface area (Å²) in [5.74, 6) is 1.05. The lowest BCUT2D eigenvalue weighted by Gasteiger charge is -2.02. The Morgan fingerprint density at radius 3 is 2.94 bits per heavy atom. The van der Waals surface area contributed by atoms with Crippen LogP contribution in [-0.4, -0.2) is 19.9 Å². The molecule has 2 aromatic rings. The molecule has 0 aliphatic rings. The molecular weight excluding hydrogens is 204 g/mol. The Balaban J connectivity index is 1.84. The van der Waals surface area contributed by atoms with E-state index in [0.29, 0.717) is 13.1 Å². The number of rotatable bonds is 4. The highest BCUT2D eigenvalue weighted by atomic mass is 16.3. The summed E-state index contributed by atoms with van der Waals surface area (Å²) < 4.78 is 1.67. The smallest absolute Gasteiger partial charge is 0.164 e. The van der Waals surface area contributed by atoms with Gasteiger partial charge in [-0.15, -0.1) is 0 Å². The van der Waals surface area contributed by atoms with Crippen LogP contribution in [0, 0.1) is 0 Å². The minimum Gasteiger partial charge on any atom is -0.508 e. The molecule has 0 unspecified atom stereocenters. The Kier molecular flexibility index (Phi) is 3.16.